The number of nitrogens with one attached hydrogen (secondary N) is 1. The van der Waals surface area contributed by atoms with Gasteiger partial charge in [-0.3, -0.25) is 11.6 Å². The van der Waals surface area contributed by atoms with Gasteiger partial charge in [-0.25, -0.2) is 4.79 Å². The molecule has 37 heavy (non-hydrogen) atoms. The molecule has 0 unspecified atom stereocenters. The van der Waals surface area contributed by atoms with Gasteiger partial charge in [-0.15, -0.1) is 5.41 Å². The maximum absolute atomic E-state index is 12.6. The average Bonchev–Trinajstić information content (AvgIpc) is 3.43. The number of carbonyl (C=O) groups excluding carboxylic acids is 2. The van der Waals surface area contributed by atoms with E-state index in [0.29, 0.717) is 5.69 Å². The molecule has 0 bridgehead atoms. The van der Waals surface area contributed by atoms with E-state index in [4.69, 9.17) is 16.3 Å². The van der Waals surface area contributed by atoms with Gasteiger partial charge in [-0.05, 0) is 66.9 Å². The standard InChI is InChI=1S/C28H26ClN2O3S.Na.H2O/c1-17-25(30-27(33)34-18(2)23-4-3-5-24(23)29)26(35-31-17)21-8-6-19(7-9-21)20-10-12-22(13-11-20)28(16-32)14-15-28;;/h6-13,18H,3-5,14-15H2,1-2H3,(H,30,33);;1H2/q-1;+1;/p-1/t18-;;/m0../s1. The Kier molecular flexibility index (Phi) is 9.78. The van der Waals surface area contributed by atoms with Crippen LogP contribution in [0.1, 0.15) is 50.3 Å². The molecular weight excluding hydrogens is 519 g/mol. The Morgan fingerprint density at radius 2 is 1.68 bits per heavy atom. The molecular formula is C28H27ClN2NaO4S-. The van der Waals surface area contributed by atoms with Crippen molar-refractivity contribution in [3.63, 3.8) is 0 Å². The minimum Gasteiger partial charge on any atom is -0.870 e. The molecule has 0 saturated heterocycles. The molecule has 0 aliphatic heterocycles. The third kappa shape index (κ3) is 6.19. The van der Waals surface area contributed by atoms with Crippen LogP contribution in [0.5, 0.6) is 0 Å². The Bertz CT molecular complexity index is 1300. The van der Waals surface area contributed by atoms with Gasteiger partial charge < -0.3 is 15.0 Å². The summed E-state index contributed by atoms with van der Waals surface area (Å²) in [5.41, 5.74) is 6.19. The van der Waals surface area contributed by atoms with Crippen LogP contribution in [0.2, 0.25) is 0 Å². The number of hydrogen-bond acceptors (Lipinski definition) is 6. The van der Waals surface area contributed by atoms with Gasteiger partial charge in [0.1, 0.15) is 6.10 Å². The second-order valence-electron chi connectivity index (χ2n) is 9.27. The van der Waals surface area contributed by atoms with Gasteiger partial charge in [0, 0.05) is 5.03 Å². The molecule has 1 aromatic heterocycles. The molecule has 188 valence electrons. The van der Waals surface area contributed by atoms with Gasteiger partial charge in [0.25, 0.3) is 0 Å². The molecule has 5 rings (SSSR count). The fraction of sp³-hybridized carbons (Fsp3) is 0.321. The molecule has 2 aliphatic rings. The van der Waals surface area contributed by atoms with Crippen LogP contribution in [0.25, 0.3) is 21.6 Å². The van der Waals surface area contributed by atoms with Crippen molar-refractivity contribution in [2.24, 2.45) is 0 Å². The Labute approximate surface area is 248 Å². The summed E-state index contributed by atoms with van der Waals surface area (Å²) in [6, 6.07) is 16.3. The summed E-state index contributed by atoms with van der Waals surface area (Å²) in [7, 11) is 0. The van der Waals surface area contributed by atoms with Crippen LogP contribution in [0.3, 0.4) is 0 Å². The molecule has 2 aliphatic carbocycles. The molecule has 9 heteroatoms. The van der Waals surface area contributed by atoms with Crippen LogP contribution in [-0.4, -0.2) is 28.3 Å². The van der Waals surface area contributed by atoms with Crippen LogP contribution in [0.4, 0.5) is 10.5 Å². The van der Waals surface area contributed by atoms with Crippen LogP contribution >= 0.6 is 23.1 Å². The maximum atomic E-state index is 12.6. The first-order chi connectivity index (χ1) is 16.9. The van der Waals surface area contributed by atoms with Crippen LogP contribution < -0.4 is 34.9 Å². The zero-order valence-corrected chi connectivity index (χ0v) is 24.7. The van der Waals surface area contributed by atoms with E-state index in [1.807, 2.05) is 38.1 Å². The number of rotatable bonds is 7. The van der Waals surface area contributed by atoms with Gasteiger partial charge in [0.05, 0.1) is 16.3 Å². The average molecular weight is 546 g/mol. The monoisotopic (exact) mass is 545 g/mol. The Balaban J connectivity index is 0.00000190. The Morgan fingerprint density at radius 1 is 1.08 bits per heavy atom. The first-order valence-electron chi connectivity index (χ1n) is 11.8. The predicted molar refractivity (Wildman–Crippen MR) is 143 cm³/mol. The van der Waals surface area contributed by atoms with Gasteiger partial charge in [-0.2, -0.15) is 4.37 Å². The van der Waals surface area contributed by atoms with Crippen molar-refractivity contribution in [3.05, 3.63) is 70.4 Å². The molecule has 3 aromatic rings. The second kappa shape index (κ2) is 12.2. The topological polar surface area (TPSA) is 98.3 Å². The van der Waals surface area contributed by atoms with Crippen molar-refractivity contribution in [2.75, 3.05) is 5.32 Å². The number of amides is 1. The van der Waals surface area contributed by atoms with Gasteiger partial charge >= 0.3 is 35.7 Å². The van der Waals surface area contributed by atoms with Crippen molar-refractivity contribution >= 4 is 41.2 Å². The molecule has 1 atom stereocenters. The van der Waals surface area contributed by atoms with Gasteiger partial charge in [0.2, 0.25) is 0 Å². The number of aryl methyl sites for hydroxylation is 1. The van der Waals surface area contributed by atoms with Crippen molar-refractivity contribution in [2.45, 2.75) is 57.5 Å². The van der Waals surface area contributed by atoms with Crippen LogP contribution in [0.15, 0.2) is 59.1 Å². The van der Waals surface area contributed by atoms with Crippen molar-refractivity contribution in [1.82, 2.24) is 4.37 Å². The van der Waals surface area contributed by atoms with Gasteiger partial charge in [-0.1, -0.05) is 78.5 Å². The molecule has 0 radical (unpaired) electrons. The Hall–Kier alpha value is -2.00. The zero-order chi connectivity index (χ0) is 24.6. The third-order valence-electron chi connectivity index (χ3n) is 6.92. The van der Waals surface area contributed by atoms with Crippen molar-refractivity contribution in [1.29, 1.82) is 0 Å². The molecule has 2 aromatic carbocycles. The molecule has 6 nitrogen and oxygen atoms in total. The first kappa shape index (κ1) is 29.6. The number of hydrogen-bond donors (Lipinski definition) is 1. The maximum Gasteiger partial charge on any atom is 1.00 e. The van der Waals surface area contributed by atoms with Crippen molar-refractivity contribution in [3.8, 4) is 21.6 Å². The SMILES string of the molecule is Cc1nsc(-c2ccc(-c3ccc(C4([C-]=O)CC4)cc3)cc2)c1NC(=O)O[C@@H](C)C1=C(Cl)CCC1.[Na+].[OH-]. The van der Waals surface area contributed by atoms with E-state index in [2.05, 4.69) is 40.2 Å². The fourth-order valence-corrected chi connectivity index (χ4v) is 5.83. The van der Waals surface area contributed by atoms with Gasteiger partial charge in [0.15, 0.2) is 0 Å². The van der Waals surface area contributed by atoms with Crippen LogP contribution in [-0.2, 0) is 14.9 Å². The summed E-state index contributed by atoms with van der Waals surface area (Å²) in [4.78, 5) is 24.8. The number of anilines is 1. The smallest absolute Gasteiger partial charge is 0.870 e. The zero-order valence-electron chi connectivity index (χ0n) is 21.1. The summed E-state index contributed by atoms with van der Waals surface area (Å²) in [5.74, 6) is 0. The third-order valence-corrected chi connectivity index (χ3v) is 8.34. The summed E-state index contributed by atoms with van der Waals surface area (Å²) >= 11 is 7.61. The summed E-state index contributed by atoms with van der Waals surface area (Å²) in [5, 5.41) is 3.70. The van der Waals surface area contributed by atoms with Crippen molar-refractivity contribution < 1.29 is 49.4 Å². The van der Waals surface area contributed by atoms with E-state index in [-0.39, 0.29) is 46.6 Å². The number of allylic oxidation sites excluding steroid dienone is 1. The number of carbonyl (C=O) groups is 1. The van der Waals surface area contributed by atoms with Crippen LogP contribution in [0, 0.1) is 6.92 Å². The summed E-state index contributed by atoms with van der Waals surface area (Å²) in [6.07, 6.45) is 5.81. The molecule has 1 saturated carbocycles. The van der Waals surface area contributed by atoms with E-state index in [9.17, 15) is 9.59 Å². The summed E-state index contributed by atoms with van der Waals surface area (Å²) < 4.78 is 10.1. The predicted octanol–water partition coefficient (Wildman–Crippen LogP) is 4.37. The summed E-state index contributed by atoms with van der Waals surface area (Å²) in [6.45, 7) is 3.73. The first-order valence-corrected chi connectivity index (χ1v) is 13.0. The largest absolute Gasteiger partial charge is 1.00 e. The fourth-order valence-electron chi connectivity index (χ4n) is 4.60. The van der Waals surface area contributed by atoms with E-state index < -0.39 is 6.09 Å². The number of benzene rings is 2. The Morgan fingerprint density at radius 3 is 2.22 bits per heavy atom. The number of nitrogens with zero attached hydrogens (tertiary/aromatic N) is 1. The van der Waals surface area contributed by atoms with E-state index in [0.717, 1.165) is 75.5 Å². The molecule has 0 spiro atoms. The van der Waals surface area contributed by atoms with E-state index >= 15 is 0 Å². The minimum atomic E-state index is -0.511. The van der Waals surface area contributed by atoms with E-state index in [1.54, 1.807) is 0 Å². The molecule has 1 amide bonds. The minimum absolute atomic E-state index is 0. The quantitative estimate of drug-likeness (QED) is 0.351. The molecule has 1 fully saturated rings. The molecule has 1 heterocycles. The molecule has 2 N–H and O–H groups in total. The normalized spacial score (nSPS) is 16.3. The second-order valence-corrected chi connectivity index (χ2v) is 10.5. The number of ether oxygens (including phenoxy) is 1. The number of halogens is 1. The number of aromatic nitrogens is 1. The van der Waals surface area contributed by atoms with E-state index in [1.165, 1.54) is 11.5 Å².